The van der Waals surface area contributed by atoms with Crippen molar-refractivity contribution in [1.82, 2.24) is 20.2 Å². The molecule has 1 atom stereocenters. The highest BCUT2D eigenvalue weighted by molar-refractivity contribution is 7.91. The molecule has 13 nitrogen and oxygen atoms in total. The Morgan fingerprint density at radius 1 is 0.892 bits per heavy atom. The minimum Gasteiger partial charge on any atom is -0.494 e. The van der Waals surface area contributed by atoms with Crippen LogP contribution < -0.4 is 25.4 Å². The van der Waals surface area contributed by atoms with Crippen molar-refractivity contribution in [2.45, 2.75) is 103 Å². The first-order valence-electron chi connectivity index (χ1n) is 22.1. The highest BCUT2D eigenvalue weighted by Crippen LogP contribution is 2.36. The number of hydrogen-bond acceptors (Lipinski definition) is 11. The number of unbranched alkanes of at least 4 members (excludes halogenated alkanes) is 2. The number of nitrogens with one attached hydrogen (secondary N) is 3. The van der Waals surface area contributed by atoms with E-state index in [9.17, 15) is 22.8 Å². The fraction of sp³-hybridized carbons (Fsp3) is 0.353. The van der Waals surface area contributed by atoms with Crippen LogP contribution in [0.5, 0.6) is 11.5 Å². The molecule has 4 aromatic carbocycles. The van der Waals surface area contributed by atoms with Gasteiger partial charge in [-0.1, -0.05) is 69.3 Å². The Balaban J connectivity index is 0.780. The third kappa shape index (κ3) is 12.6. The van der Waals surface area contributed by atoms with Crippen molar-refractivity contribution in [3.05, 3.63) is 137 Å². The average molecular weight is 899 g/mol. The average Bonchev–Trinajstić information content (AvgIpc) is 3.60. The Bertz CT molecular complexity index is 2640. The van der Waals surface area contributed by atoms with E-state index < -0.39 is 15.9 Å². The van der Waals surface area contributed by atoms with E-state index in [1.807, 2.05) is 88.4 Å². The zero-order chi connectivity index (χ0) is 46.1. The number of sulfone groups is 1. The van der Waals surface area contributed by atoms with E-state index in [2.05, 4.69) is 32.5 Å². The molecule has 1 aromatic heterocycles. The van der Waals surface area contributed by atoms with Gasteiger partial charge in [-0.15, -0.1) is 0 Å². The second kappa shape index (κ2) is 20.5. The summed E-state index contributed by atoms with van der Waals surface area (Å²) in [5, 5.41) is 9.47. The van der Waals surface area contributed by atoms with Crippen LogP contribution in [-0.2, 0) is 39.1 Å². The summed E-state index contributed by atoms with van der Waals surface area (Å²) in [6.07, 6.45) is 6.24. The number of fused-ring (bicyclic) bond motifs is 1. The van der Waals surface area contributed by atoms with E-state index >= 15 is 0 Å². The van der Waals surface area contributed by atoms with Crippen molar-refractivity contribution >= 4 is 50.6 Å². The molecule has 2 amide bonds. The quantitative estimate of drug-likeness (QED) is 0.0533. The van der Waals surface area contributed by atoms with Gasteiger partial charge in [0.2, 0.25) is 11.9 Å². The van der Waals surface area contributed by atoms with Gasteiger partial charge >= 0.3 is 0 Å². The van der Waals surface area contributed by atoms with Gasteiger partial charge in [-0.2, -0.15) is 4.98 Å². The van der Waals surface area contributed by atoms with Crippen LogP contribution in [0.25, 0.3) is 0 Å². The van der Waals surface area contributed by atoms with E-state index in [0.29, 0.717) is 74.3 Å². The second-order valence-electron chi connectivity index (χ2n) is 18.1. The van der Waals surface area contributed by atoms with Gasteiger partial charge in [-0.3, -0.25) is 14.4 Å². The van der Waals surface area contributed by atoms with E-state index in [1.54, 1.807) is 41.4 Å². The lowest BCUT2D eigenvalue weighted by Gasteiger charge is -2.30. The molecular weight excluding hydrogens is 841 g/mol. The van der Waals surface area contributed by atoms with Crippen LogP contribution in [0.15, 0.2) is 114 Å². The molecule has 0 saturated heterocycles. The van der Waals surface area contributed by atoms with Gasteiger partial charge < -0.3 is 30.3 Å². The van der Waals surface area contributed by atoms with Crippen molar-refractivity contribution in [1.29, 1.82) is 0 Å². The fourth-order valence-electron chi connectivity index (χ4n) is 7.90. The predicted molar refractivity (Wildman–Crippen MR) is 252 cm³/mol. The Labute approximate surface area is 382 Å². The van der Waals surface area contributed by atoms with E-state index in [1.165, 1.54) is 0 Å². The zero-order valence-corrected chi connectivity index (χ0v) is 38.4. The monoisotopic (exact) mass is 898 g/mol. The lowest BCUT2D eigenvalue weighted by Crippen LogP contribution is -2.43. The molecule has 14 heteroatoms. The molecule has 2 heterocycles. The zero-order valence-electron chi connectivity index (χ0n) is 37.6. The summed E-state index contributed by atoms with van der Waals surface area (Å²) in [7, 11) is -3.46. The van der Waals surface area contributed by atoms with Crippen LogP contribution in [-0.4, -0.2) is 59.3 Å². The summed E-state index contributed by atoms with van der Waals surface area (Å²) >= 11 is 0. The number of allylic oxidation sites excluding steroid dienone is 1. The van der Waals surface area contributed by atoms with Gasteiger partial charge in [0.05, 0.1) is 29.8 Å². The van der Waals surface area contributed by atoms with Crippen LogP contribution in [0.1, 0.15) is 98.3 Å². The molecule has 1 fully saturated rings. The molecule has 3 N–H and O–H groups in total. The van der Waals surface area contributed by atoms with Crippen molar-refractivity contribution in [3.8, 4) is 11.5 Å². The topological polar surface area (TPSA) is 169 Å². The van der Waals surface area contributed by atoms with Crippen molar-refractivity contribution in [2.75, 3.05) is 23.0 Å². The first kappa shape index (κ1) is 46.5. The number of aryl methyl sites for hydroxylation is 1. The fourth-order valence-corrected chi connectivity index (χ4v) is 9.80. The number of hydrogen-bond donors (Lipinski definition) is 3. The van der Waals surface area contributed by atoms with Crippen LogP contribution in [0.2, 0.25) is 0 Å². The smallest absolute Gasteiger partial charge is 0.255 e. The maximum atomic E-state index is 13.2. The van der Waals surface area contributed by atoms with Gasteiger partial charge in [0.15, 0.2) is 15.6 Å². The van der Waals surface area contributed by atoms with Crippen molar-refractivity contribution < 1.29 is 32.3 Å². The molecule has 65 heavy (non-hydrogen) atoms. The molecule has 1 aliphatic carbocycles. The normalized spacial score (nSPS) is 15.1. The standard InChI is InChI=1S/C51H58N6O7S/c1-34-16-25-44(45(58)27-34)57-31-43-42(49(57)60)13-10-14-46(43)64-32-37-19-17-36(18-20-37)30-52-47(59)15-7-6-8-26-63-40-23-21-38(22-24-40)55-50-53-29-35(2)48(56-50)54-39-11-9-12-41(28-39)65(61,62)33-51(3,4)5/h9-14,17-24,28-29,44H,1,6-8,15-16,25-27,30-33H2,2-5H3,(H,52,59)(H2,53,54,55,56)/t44-/m0/s1. The number of ether oxygens (including phenoxy) is 2. The third-order valence-electron chi connectivity index (χ3n) is 11.3. The largest absolute Gasteiger partial charge is 0.494 e. The van der Waals surface area contributed by atoms with E-state index in [0.717, 1.165) is 64.9 Å². The molecule has 1 saturated carbocycles. The van der Waals surface area contributed by atoms with Gasteiger partial charge in [-0.25, -0.2) is 13.4 Å². The first-order chi connectivity index (χ1) is 31.1. The molecule has 7 rings (SSSR count). The number of rotatable bonds is 19. The number of carbonyl (C=O) groups is 3. The third-order valence-corrected chi connectivity index (χ3v) is 13.5. The summed E-state index contributed by atoms with van der Waals surface area (Å²) in [5.41, 5.74) is 6.10. The highest BCUT2D eigenvalue weighted by Gasteiger charge is 2.39. The molecule has 0 radical (unpaired) electrons. The predicted octanol–water partition coefficient (Wildman–Crippen LogP) is 9.56. The minimum absolute atomic E-state index is 0.000444. The number of ketones is 1. The molecule has 0 spiro atoms. The number of aromatic nitrogens is 2. The maximum absolute atomic E-state index is 13.2. The van der Waals surface area contributed by atoms with Gasteiger partial charge in [0, 0.05) is 53.6 Å². The Morgan fingerprint density at radius 3 is 2.40 bits per heavy atom. The summed E-state index contributed by atoms with van der Waals surface area (Å²) in [4.78, 5) is 49.5. The molecule has 0 unspecified atom stereocenters. The van der Waals surface area contributed by atoms with E-state index in [4.69, 9.17) is 9.47 Å². The van der Waals surface area contributed by atoms with E-state index in [-0.39, 0.29) is 33.7 Å². The summed E-state index contributed by atoms with van der Waals surface area (Å²) in [6.45, 7) is 13.2. The molecule has 2 aliphatic rings. The van der Waals surface area contributed by atoms with Crippen LogP contribution in [0, 0.1) is 12.3 Å². The van der Waals surface area contributed by atoms with Crippen LogP contribution >= 0.6 is 0 Å². The van der Waals surface area contributed by atoms with Crippen molar-refractivity contribution in [3.63, 3.8) is 0 Å². The minimum atomic E-state index is -3.46. The maximum Gasteiger partial charge on any atom is 0.255 e. The molecule has 1 aliphatic heterocycles. The molecular formula is C51H58N6O7S. The first-order valence-corrected chi connectivity index (χ1v) is 23.8. The Kier molecular flexibility index (Phi) is 14.7. The Morgan fingerprint density at radius 2 is 1.65 bits per heavy atom. The molecule has 340 valence electrons. The Hall–Kier alpha value is -6.54. The molecule has 5 aromatic rings. The SMILES string of the molecule is C=C1CC[C@H](N2Cc3c(OCc4ccc(CNC(=O)CCCCCOc5ccc(Nc6ncc(C)c(Nc7cccc(S(=O)(=O)CC(C)(C)C)c7)n6)cc5)cc4)cccc3C2=O)C(=O)C1. The van der Waals surface area contributed by atoms with Crippen LogP contribution in [0.3, 0.4) is 0 Å². The number of carbonyl (C=O) groups excluding carboxylic acids is 3. The summed E-state index contributed by atoms with van der Waals surface area (Å²) in [6, 6.07) is 27.2. The van der Waals surface area contributed by atoms with Gasteiger partial charge in [-0.05, 0) is 110 Å². The lowest BCUT2D eigenvalue weighted by atomic mass is 9.90. The van der Waals surface area contributed by atoms with Crippen molar-refractivity contribution in [2.24, 2.45) is 5.41 Å². The number of nitrogens with zero attached hydrogens (tertiary/aromatic N) is 3. The van der Waals surface area contributed by atoms with Gasteiger partial charge in [0.25, 0.3) is 5.91 Å². The van der Waals surface area contributed by atoms with Crippen LogP contribution in [0.4, 0.5) is 23.1 Å². The number of benzene rings is 4. The summed E-state index contributed by atoms with van der Waals surface area (Å²) in [5.74, 6) is 2.29. The molecule has 0 bridgehead atoms. The number of anilines is 4. The summed E-state index contributed by atoms with van der Waals surface area (Å²) < 4.78 is 38.1. The number of Topliss-reactive ketones (excluding diaryl/α,β-unsaturated/α-hetero) is 1. The number of amides is 2. The van der Waals surface area contributed by atoms with Gasteiger partial charge in [0.1, 0.15) is 23.9 Å². The highest BCUT2D eigenvalue weighted by atomic mass is 32.2. The second-order valence-corrected chi connectivity index (χ2v) is 20.0. The lowest BCUT2D eigenvalue weighted by molar-refractivity contribution is -0.124.